The van der Waals surface area contributed by atoms with Crippen LogP contribution in [0.4, 0.5) is 0 Å². The van der Waals surface area contributed by atoms with Crippen molar-refractivity contribution in [2.24, 2.45) is 4.99 Å². The van der Waals surface area contributed by atoms with Gasteiger partial charge in [-0.2, -0.15) is 0 Å². The number of hydrogen-bond donors (Lipinski definition) is 2. The third-order valence-electron chi connectivity index (χ3n) is 4.24. The van der Waals surface area contributed by atoms with Gasteiger partial charge in [0.15, 0.2) is 5.96 Å². The highest BCUT2D eigenvalue weighted by Gasteiger charge is 2.09. The number of halogens is 1. The summed E-state index contributed by atoms with van der Waals surface area (Å²) in [5.74, 6) is 0.772. The Bertz CT molecular complexity index is 656. The van der Waals surface area contributed by atoms with Crippen molar-refractivity contribution >= 4 is 39.8 Å². The smallest absolute Gasteiger partial charge is 0.191 e. The number of benzene rings is 1. The third-order valence-corrected chi connectivity index (χ3v) is 5.15. The molecule has 2 N–H and O–H groups in total. The zero-order valence-electron chi connectivity index (χ0n) is 17.3. The molecule has 0 aromatic heterocycles. The van der Waals surface area contributed by atoms with Gasteiger partial charge in [-0.15, -0.1) is 24.0 Å². The lowest BCUT2D eigenvalue weighted by molar-refractivity contribution is 0.154. The second-order valence-corrected chi connectivity index (χ2v) is 8.97. The first-order valence-corrected chi connectivity index (χ1v) is 11.3. The molecule has 0 aliphatic carbocycles. The number of sulfone groups is 1. The Morgan fingerprint density at radius 3 is 2.43 bits per heavy atom. The average Bonchev–Trinajstić information content (AvgIpc) is 2.62. The van der Waals surface area contributed by atoms with E-state index in [1.807, 2.05) is 6.07 Å². The lowest BCUT2D eigenvalue weighted by atomic mass is 10.1. The van der Waals surface area contributed by atoms with Crippen LogP contribution in [-0.2, 0) is 21.1 Å². The van der Waals surface area contributed by atoms with Crippen molar-refractivity contribution < 1.29 is 13.2 Å². The van der Waals surface area contributed by atoms with Crippen LogP contribution in [0.15, 0.2) is 35.3 Å². The predicted molar refractivity (Wildman–Crippen MR) is 127 cm³/mol. The fourth-order valence-electron chi connectivity index (χ4n) is 2.42. The fourth-order valence-corrected chi connectivity index (χ4v) is 2.84. The van der Waals surface area contributed by atoms with Gasteiger partial charge in [0.25, 0.3) is 0 Å². The van der Waals surface area contributed by atoms with Crippen molar-refractivity contribution in [3.63, 3.8) is 0 Å². The van der Waals surface area contributed by atoms with Gasteiger partial charge in [-0.05, 0) is 26.0 Å². The van der Waals surface area contributed by atoms with Crippen LogP contribution in [0.5, 0.6) is 0 Å². The fraction of sp³-hybridized carbons (Fsp3) is 0.632. The number of rotatable bonds is 12. The minimum absolute atomic E-state index is 0. The van der Waals surface area contributed by atoms with E-state index in [4.69, 9.17) is 4.74 Å². The van der Waals surface area contributed by atoms with Crippen LogP contribution < -0.4 is 10.6 Å². The number of ether oxygens (including phenoxy) is 1. The molecular weight excluding hydrogens is 491 g/mol. The molecule has 0 saturated heterocycles. The molecule has 1 rings (SSSR count). The Kier molecular flexibility index (Phi) is 14.5. The van der Waals surface area contributed by atoms with Gasteiger partial charge in [0, 0.05) is 39.0 Å². The van der Waals surface area contributed by atoms with Crippen LogP contribution in [0.1, 0.15) is 18.9 Å². The van der Waals surface area contributed by atoms with Crippen molar-refractivity contribution in [3.05, 3.63) is 35.9 Å². The number of hydrogen-bond acceptors (Lipinski definition) is 5. The maximum absolute atomic E-state index is 11.0. The van der Waals surface area contributed by atoms with Crippen molar-refractivity contribution in [2.45, 2.75) is 25.9 Å². The summed E-state index contributed by atoms with van der Waals surface area (Å²) in [6, 6.07) is 10.9. The first-order chi connectivity index (χ1) is 12.8. The quantitative estimate of drug-likeness (QED) is 0.187. The highest BCUT2D eigenvalue weighted by Crippen LogP contribution is 2.07. The largest absolute Gasteiger partial charge is 0.379 e. The lowest BCUT2D eigenvalue weighted by Crippen LogP contribution is -2.41. The molecule has 1 aromatic rings. The van der Waals surface area contributed by atoms with E-state index >= 15 is 0 Å². The number of nitrogens with zero attached hydrogens (tertiary/aromatic N) is 2. The Labute approximate surface area is 187 Å². The van der Waals surface area contributed by atoms with Gasteiger partial charge in [0.2, 0.25) is 0 Å². The van der Waals surface area contributed by atoms with Gasteiger partial charge < -0.3 is 15.4 Å². The normalized spacial score (nSPS) is 13.1. The van der Waals surface area contributed by atoms with E-state index in [0.29, 0.717) is 19.2 Å². The van der Waals surface area contributed by atoms with E-state index < -0.39 is 9.84 Å². The molecular formula is C19H35IN4O3S. The minimum Gasteiger partial charge on any atom is -0.379 e. The topological polar surface area (TPSA) is 83.0 Å². The third kappa shape index (κ3) is 13.3. The number of aliphatic imine (C=N–C) groups is 1. The maximum Gasteiger partial charge on any atom is 0.191 e. The van der Waals surface area contributed by atoms with E-state index in [-0.39, 0.29) is 36.3 Å². The van der Waals surface area contributed by atoms with Crippen molar-refractivity contribution in [2.75, 3.05) is 52.4 Å². The Morgan fingerprint density at radius 1 is 1.18 bits per heavy atom. The lowest BCUT2D eigenvalue weighted by Gasteiger charge is -2.25. The van der Waals surface area contributed by atoms with Gasteiger partial charge in [-0.1, -0.05) is 30.3 Å². The summed E-state index contributed by atoms with van der Waals surface area (Å²) in [4.78, 5) is 6.52. The monoisotopic (exact) mass is 526 g/mol. The summed E-state index contributed by atoms with van der Waals surface area (Å²) >= 11 is 0. The standard InChI is InChI=1S/C19H34N4O3S.HI/c1-17(23(3)16-18-8-6-5-7-9-18)10-11-21-19(20-2)22-12-13-26-14-15-27(4,24)25;/h5-9,17H,10-16H2,1-4H3,(H2,20,21,22);1H. The molecule has 0 aliphatic heterocycles. The highest BCUT2D eigenvalue weighted by molar-refractivity contribution is 14.0. The molecule has 0 aliphatic rings. The van der Waals surface area contributed by atoms with Crippen LogP contribution in [0.25, 0.3) is 0 Å². The predicted octanol–water partition coefficient (Wildman–Crippen LogP) is 1.74. The molecule has 1 unspecified atom stereocenters. The first-order valence-electron chi connectivity index (χ1n) is 9.26. The zero-order valence-corrected chi connectivity index (χ0v) is 20.5. The molecule has 0 bridgehead atoms. The summed E-state index contributed by atoms with van der Waals surface area (Å²) in [7, 11) is 0.899. The zero-order chi connectivity index (χ0) is 20.1. The van der Waals surface area contributed by atoms with Gasteiger partial charge >= 0.3 is 0 Å². The van der Waals surface area contributed by atoms with Gasteiger partial charge in [0.05, 0.1) is 19.0 Å². The van der Waals surface area contributed by atoms with Crippen molar-refractivity contribution in [1.29, 1.82) is 0 Å². The molecule has 28 heavy (non-hydrogen) atoms. The molecule has 0 amide bonds. The molecule has 0 radical (unpaired) electrons. The van der Waals surface area contributed by atoms with Crippen LogP contribution in [-0.4, -0.2) is 77.7 Å². The van der Waals surface area contributed by atoms with E-state index in [0.717, 1.165) is 25.5 Å². The number of nitrogens with one attached hydrogen (secondary N) is 2. The summed E-state index contributed by atoms with van der Waals surface area (Å²) in [5, 5.41) is 6.46. The van der Waals surface area contributed by atoms with Crippen LogP contribution >= 0.6 is 24.0 Å². The molecule has 1 atom stereocenters. The molecule has 9 heteroatoms. The van der Waals surface area contributed by atoms with Crippen LogP contribution in [0.2, 0.25) is 0 Å². The molecule has 1 aromatic carbocycles. The highest BCUT2D eigenvalue weighted by atomic mass is 127. The van der Waals surface area contributed by atoms with Gasteiger partial charge in [-0.25, -0.2) is 8.42 Å². The molecule has 162 valence electrons. The van der Waals surface area contributed by atoms with E-state index in [9.17, 15) is 8.42 Å². The molecule has 0 fully saturated rings. The molecule has 0 spiro atoms. The average molecular weight is 526 g/mol. The Balaban J connectivity index is 0.00000729. The van der Waals surface area contributed by atoms with Crippen LogP contribution in [0, 0.1) is 0 Å². The Hall–Kier alpha value is -0.910. The molecule has 7 nitrogen and oxygen atoms in total. The second kappa shape index (κ2) is 15.0. The first kappa shape index (κ1) is 27.1. The van der Waals surface area contributed by atoms with Crippen molar-refractivity contribution in [3.8, 4) is 0 Å². The summed E-state index contributed by atoms with van der Waals surface area (Å²) in [5.41, 5.74) is 1.31. The summed E-state index contributed by atoms with van der Waals surface area (Å²) in [6.07, 6.45) is 2.20. The SMILES string of the molecule is CN=C(NCCOCCS(C)(=O)=O)NCCC(C)N(C)Cc1ccccc1.I. The second-order valence-electron chi connectivity index (χ2n) is 6.71. The Morgan fingerprint density at radius 2 is 1.82 bits per heavy atom. The number of guanidine groups is 1. The molecule has 0 saturated carbocycles. The molecule has 0 heterocycles. The van der Waals surface area contributed by atoms with E-state index in [1.54, 1.807) is 7.05 Å². The summed E-state index contributed by atoms with van der Waals surface area (Å²) in [6.45, 7) is 5.20. The summed E-state index contributed by atoms with van der Waals surface area (Å²) < 4.78 is 27.3. The maximum atomic E-state index is 11.0. The van der Waals surface area contributed by atoms with Crippen LogP contribution in [0.3, 0.4) is 0 Å². The van der Waals surface area contributed by atoms with Crippen molar-refractivity contribution in [1.82, 2.24) is 15.5 Å². The van der Waals surface area contributed by atoms with Gasteiger partial charge in [0.1, 0.15) is 9.84 Å². The van der Waals surface area contributed by atoms with E-state index in [1.165, 1.54) is 11.8 Å². The van der Waals surface area contributed by atoms with E-state index in [2.05, 4.69) is 58.8 Å². The minimum atomic E-state index is -2.97. The van der Waals surface area contributed by atoms with Gasteiger partial charge in [-0.3, -0.25) is 9.89 Å².